The number of carbonyl (C=O) groups is 2. The summed E-state index contributed by atoms with van der Waals surface area (Å²) >= 11 is 0. The van der Waals surface area contributed by atoms with Gasteiger partial charge >= 0.3 is 12.1 Å². The van der Waals surface area contributed by atoms with Crippen LogP contribution in [0.25, 0.3) is 0 Å². The third-order valence-electron chi connectivity index (χ3n) is 2.54. The van der Waals surface area contributed by atoms with E-state index >= 15 is 0 Å². The number of alkyl carbamates (subject to hydrolysis) is 1. The zero-order valence-electron chi connectivity index (χ0n) is 11.9. The first-order chi connectivity index (χ1) is 8.81. The quantitative estimate of drug-likeness (QED) is 0.587. The summed E-state index contributed by atoms with van der Waals surface area (Å²) < 4.78 is 9.79. The highest BCUT2D eigenvalue weighted by atomic mass is 16.6. The number of carbonyl (C=O) groups excluding carboxylic acids is 2. The van der Waals surface area contributed by atoms with Crippen molar-refractivity contribution >= 4 is 12.1 Å². The van der Waals surface area contributed by atoms with Crippen molar-refractivity contribution in [2.45, 2.75) is 32.4 Å². The van der Waals surface area contributed by atoms with Crippen molar-refractivity contribution in [3.05, 3.63) is 12.2 Å². The number of hydrogen-bond donors (Lipinski definition) is 2. The first kappa shape index (κ1) is 15.5. The summed E-state index contributed by atoms with van der Waals surface area (Å²) in [6.07, 6.45) is 3.20. The molecule has 2 atom stereocenters. The molecule has 0 fully saturated rings. The van der Waals surface area contributed by atoms with Crippen LogP contribution in [-0.2, 0) is 14.3 Å². The lowest BCUT2D eigenvalue weighted by atomic mass is 10.0. The fourth-order valence-electron chi connectivity index (χ4n) is 1.64. The Kier molecular flexibility index (Phi) is 5.35. The molecule has 19 heavy (non-hydrogen) atoms. The summed E-state index contributed by atoms with van der Waals surface area (Å²) in [7, 11) is 1.37. The van der Waals surface area contributed by atoms with Crippen LogP contribution in [0.5, 0.6) is 0 Å². The maximum atomic E-state index is 11.5. The van der Waals surface area contributed by atoms with E-state index in [0.29, 0.717) is 13.1 Å². The highest BCUT2D eigenvalue weighted by Crippen LogP contribution is 2.08. The van der Waals surface area contributed by atoms with Crippen LogP contribution < -0.4 is 10.6 Å². The van der Waals surface area contributed by atoms with E-state index in [1.807, 2.05) is 26.8 Å². The number of hydrogen-bond acceptors (Lipinski definition) is 5. The van der Waals surface area contributed by atoms with Gasteiger partial charge in [-0.2, -0.15) is 0 Å². The Hall–Kier alpha value is -1.56. The van der Waals surface area contributed by atoms with Gasteiger partial charge in [0.15, 0.2) is 0 Å². The van der Waals surface area contributed by atoms with Crippen LogP contribution in [0.1, 0.15) is 20.8 Å². The number of ether oxygens (including phenoxy) is 2. The zero-order chi connectivity index (χ0) is 14.5. The van der Waals surface area contributed by atoms with Crippen LogP contribution >= 0.6 is 0 Å². The molecular weight excluding hydrogens is 248 g/mol. The van der Waals surface area contributed by atoms with Crippen molar-refractivity contribution < 1.29 is 19.1 Å². The minimum atomic E-state index is -0.504. The van der Waals surface area contributed by atoms with E-state index in [4.69, 9.17) is 4.74 Å². The normalized spacial score (nSPS) is 22.7. The van der Waals surface area contributed by atoms with Gasteiger partial charge in [-0.15, -0.1) is 0 Å². The van der Waals surface area contributed by atoms with Crippen molar-refractivity contribution in [2.75, 3.05) is 20.2 Å². The summed E-state index contributed by atoms with van der Waals surface area (Å²) in [5.74, 6) is -0.523. The molecule has 108 valence electrons. The molecule has 2 N–H and O–H groups in total. The van der Waals surface area contributed by atoms with Crippen LogP contribution in [0.4, 0.5) is 4.79 Å². The monoisotopic (exact) mass is 270 g/mol. The second-order valence-corrected chi connectivity index (χ2v) is 5.41. The lowest BCUT2D eigenvalue weighted by Crippen LogP contribution is -2.46. The van der Waals surface area contributed by atoms with Gasteiger partial charge in [0.2, 0.25) is 0 Å². The first-order valence-electron chi connectivity index (χ1n) is 6.28. The van der Waals surface area contributed by atoms with Crippen molar-refractivity contribution in [1.82, 2.24) is 10.6 Å². The molecule has 0 saturated heterocycles. The Labute approximate surface area is 113 Å². The fourth-order valence-corrected chi connectivity index (χ4v) is 1.64. The predicted octanol–water partition coefficient (Wildman–Crippen LogP) is 0.828. The van der Waals surface area contributed by atoms with Gasteiger partial charge in [0.25, 0.3) is 0 Å². The lowest BCUT2D eigenvalue weighted by molar-refractivity contribution is -0.143. The molecule has 1 amide bonds. The molecule has 0 aliphatic carbocycles. The van der Waals surface area contributed by atoms with Crippen molar-refractivity contribution in [1.29, 1.82) is 0 Å². The van der Waals surface area contributed by atoms with E-state index in [1.54, 1.807) is 6.08 Å². The molecule has 2 unspecified atom stereocenters. The van der Waals surface area contributed by atoms with Gasteiger partial charge in [-0.3, -0.25) is 4.79 Å². The van der Waals surface area contributed by atoms with Crippen LogP contribution in [0.3, 0.4) is 0 Å². The minimum absolute atomic E-state index is 0.00609. The molecule has 0 saturated carbocycles. The van der Waals surface area contributed by atoms with Crippen LogP contribution in [0, 0.1) is 5.92 Å². The summed E-state index contributed by atoms with van der Waals surface area (Å²) in [6.45, 7) is 6.36. The maximum absolute atomic E-state index is 11.5. The molecular formula is C13H22N2O4. The standard InChI is InChI=1S/C13H22N2O4/c1-13(2,3)19-12(17)15-8-10-6-5-9(7-14-10)11(16)18-4/h5-6,9-10,14H,7-8H2,1-4H3,(H,15,17). The molecule has 0 radical (unpaired) electrons. The number of esters is 1. The molecule has 1 aliphatic rings. The average molecular weight is 270 g/mol. The lowest BCUT2D eigenvalue weighted by Gasteiger charge is -2.24. The molecule has 1 aliphatic heterocycles. The molecule has 6 heteroatoms. The second-order valence-electron chi connectivity index (χ2n) is 5.41. The third-order valence-corrected chi connectivity index (χ3v) is 2.54. The van der Waals surface area contributed by atoms with Crippen molar-refractivity contribution in [3.8, 4) is 0 Å². The Balaban J connectivity index is 2.33. The molecule has 0 aromatic heterocycles. The summed E-state index contributed by atoms with van der Waals surface area (Å²) in [6, 6.07) is -0.00609. The summed E-state index contributed by atoms with van der Waals surface area (Å²) in [5.41, 5.74) is -0.504. The first-order valence-corrected chi connectivity index (χ1v) is 6.28. The van der Waals surface area contributed by atoms with E-state index in [-0.39, 0.29) is 17.9 Å². The van der Waals surface area contributed by atoms with Crippen molar-refractivity contribution in [2.24, 2.45) is 5.92 Å². The van der Waals surface area contributed by atoms with Gasteiger partial charge in [-0.1, -0.05) is 12.2 Å². The van der Waals surface area contributed by atoms with Crippen LogP contribution in [0.2, 0.25) is 0 Å². The van der Waals surface area contributed by atoms with E-state index in [0.717, 1.165) is 0 Å². The maximum Gasteiger partial charge on any atom is 0.407 e. The highest BCUT2D eigenvalue weighted by Gasteiger charge is 2.22. The molecule has 0 aromatic rings. The summed E-state index contributed by atoms with van der Waals surface area (Å²) in [5, 5.41) is 5.82. The third kappa shape index (κ3) is 5.74. The zero-order valence-corrected chi connectivity index (χ0v) is 11.9. The average Bonchev–Trinajstić information content (AvgIpc) is 2.34. The number of methoxy groups -OCH3 is 1. The number of rotatable bonds is 3. The van der Waals surface area contributed by atoms with E-state index < -0.39 is 11.7 Å². The molecule has 1 heterocycles. The SMILES string of the molecule is COC(=O)C1C=CC(CNC(=O)OC(C)(C)C)NC1. The fraction of sp³-hybridized carbons (Fsp3) is 0.692. The van der Waals surface area contributed by atoms with Gasteiger partial charge in [-0.25, -0.2) is 4.79 Å². The van der Waals surface area contributed by atoms with Gasteiger partial charge in [-0.05, 0) is 20.8 Å². The highest BCUT2D eigenvalue weighted by molar-refractivity contribution is 5.74. The predicted molar refractivity (Wildman–Crippen MR) is 70.7 cm³/mol. The Morgan fingerprint density at radius 1 is 1.37 bits per heavy atom. The van der Waals surface area contributed by atoms with Gasteiger partial charge in [0.1, 0.15) is 5.60 Å². The number of amides is 1. The molecule has 6 nitrogen and oxygen atoms in total. The van der Waals surface area contributed by atoms with E-state index in [1.165, 1.54) is 7.11 Å². The van der Waals surface area contributed by atoms with Gasteiger partial charge in [0, 0.05) is 19.1 Å². The smallest absolute Gasteiger partial charge is 0.407 e. The van der Waals surface area contributed by atoms with Crippen LogP contribution in [0.15, 0.2) is 12.2 Å². The van der Waals surface area contributed by atoms with E-state index in [9.17, 15) is 9.59 Å². The molecule has 0 spiro atoms. The second kappa shape index (κ2) is 6.56. The minimum Gasteiger partial charge on any atom is -0.469 e. The molecule has 1 rings (SSSR count). The van der Waals surface area contributed by atoms with E-state index in [2.05, 4.69) is 15.4 Å². The van der Waals surface area contributed by atoms with Gasteiger partial charge in [0.05, 0.1) is 13.0 Å². The molecule has 0 bridgehead atoms. The Morgan fingerprint density at radius 3 is 2.53 bits per heavy atom. The summed E-state index contributed by atoms with van der Waals surface area (Å²) in [4.78, 5) is 22.8. The molecule has 0 aromatic carbocycles. The Bertz CT molecular complexity index is 360. The topological polar surface area (TPSA) is 76.7 Å². The van der Waals surface area contributed by atoms with Crippen molar-refractivity contribution in [3.63, 3.8) is 0 Å². The van der Waals surface area contributed by atoms with Crippen LogP contribution in [-0.4, -0.2) is 43.9 Å². The Morgan fingerprint density at radius 2 is 2.05 bits per heavy atom. The van der Waals surface area contributed by atoms with Gasteiger partial charge < -0.3 is 20.1 Å². The largest absolute Gasteiger partial charge is 0.469 e. The number of nitrogens with one attached hydrogen (secondary N) is 2.